The van der Waals surface area contributed by atoms with Gasteiger partial charge in [0.15, 0.2) is 0 Å². The molecule has 0 aliphatic carbocycles. The van der Waals surface area contributed by atoms with Gasteiger partial charge in [0.2, 0.25) is 0 Å². The molecule has 6 nitrogen and oxygen atoms in total. The fourth-order valence-electron chi connectivity index (χ4n) is 2.30. The maximum absolute atomic E-state index is 12.3. The fraction of sp³-hybridized carbons (Fsp3) is 0.533. The topological polar surface area (TPSA) is 78.1 Å². The first-order valence-electron chi connectivity index (χ1n) is 7.33. The number of thiophene rings is 1. The average Bonchev–Trinajstić information content (AvgIpc) is 2.75. The summed E-state index contributed by atoms with van der Waals surface area (Å²) >= 11 is 1.28. The van der Waals surface area contributed by atoms with Crippen molar-refractivity contribution in [2.24, 2.45) is 0 Å². The average molecular weight is 322 g/mol. The Morgan fingerprint density at radius 3 is 2.73 bits per heavy atom. The number of unbranched alkanes of at least 4 members (excludes halogenated alkanes) is 1. The van der Waals surface area contributed by atoms with Crippen LogP contribution in [0.5, 0.6) is 0 Å². The number of aromatic nitrogens is 2. The summed E-state index contributed by atoms with van der Waals surface area (Å²) in [4.78, 5) is 34.6. The molecule has 2 aromatic heterocycles. The van der Waals surface area contributed by atoms with Gasteiger partial charge in [-0.2, -0.15) is 0 Å². The van der Waals surface area contributed by atoms with Crippen molar-refractivity contribution in [3.63, 3.8) is 0 Å². The van der Waals surface area contributed by atoms with Gasteiger partial charge in [0.25, 0.3) is 11.5 Å². The van der Waals surface area contributed by atoms with Crippen molar-refractivity contribution in [3.8, 4) is 0 Å². The van der Waals surface area contributed by atoms with Crippen LogP contribution in [0.1, 0.15) is 33.9 Å². The van der Waals surface area contributed by atoms with Crippen LogP contribution in [0.15, 0.2) is 4.79 Å². The summed E-state index contributed by atoms with van der Waals surface area (Å²) in [7, 11) is 4.07. The molecule has 2 N–H and O–H groups in total. The number of rotatable bonds is 6. The molecule has 0 aliphatic heterocycles. The SMILES string of the molecule is Cc1nc2sc(C(=O)NCCCCN(C)C)c(C)c2c(=O)[nH]1. The van der Waals surface area contributed by atoms with Gasteiger partial charge in [-0.3, -0.25) is 9.59 Å². The van der Waals surface area contributed by atoms with Crippen LogP contribution in [-0.4, -0.2) is 48.0 Å². The molecule has 0 aromatic carbocycles. The highest BCUT2D eigenvalue weighted by Crippen LogP contribution is 2.26. The Morgan fingerprint density at radius 2 is 2.05 bits per heavy atom. The van der Waals surface area contributed by atoms with E-state index < -0.39 is 0 Å². The van der Waals surface area contributed by atoms with Crippen LogP contribution in [0, 0.1) is 13.8 Å². The van der Waals surface area contributed by atoms with Crippen LogP contribution < -0.4 is 10.9 Å². The maximum atomic E-state index is 12.3. The number of hydrogen-bond acceptors (Lipinski definition) is 5. The highest BCUT2D eigenvalue weighted by Gasteiger charge is 2.18. The summed E-state index contributed by atoms with van der Waals surface area (Å²) in [6.45, 7) is 5.19. The van der Waals surface area contributed by atoms with Gasteiger partial charge in [-0.25, -0.2) is 4.98 Å². The number of nitrogens with one attached hydrogen (secondary N) is 2. The third-order valence-corrected chi connectivity index (χ3v) is 4.63. The number of aryl methyl sites for hydroxylation is 2. The molecule has 0 bridgehead atoms. The first-order chi connectivity index (χ1) is 10.4. The first-order valence-corrected chi connectivity index (χ1v) is 8.14. The van der Waals surface area contributed by atoms with Gasteiger partial charge < -0.3 is 15.2 Å². The van der Waals surface area contributed by atoms with E-state index in [-0.39, 0.29) is 11.5 Å². The molecule has 0 aliphatic rings. The van der Waals surface area contributed by atoms with Gasteiger partial charge in [-0.1, -0.05) is 0 Å². The minimum atomic E-state index is -0.179. The van der Waals surface area contributed by atoms with Crippen molar-refractivity contribution < 1.29 is 4.79 Å². The Balaban J connectivity index is 2.07. The Bertz CT molecular complexity index is 733. The molecule has 0 saturated heterocycles. The second-order valence-corrected chi connectivity index (χ2v) is 6.65. The predicted molar refractivity (Wildman–Crippen MR) is 89.8 cm³/mol. The van der Waals surface area contributed by atoms with Crippen molar-refractivity contribution in [2.75, 3.05) is 27.2 Å². The van der Waals surface area contributed by atoms with Crippen LogP contribution >= 0.6 is 11.3 Å². The normalized spacial score (nSPS) is 11.3. The summed E-state index contributed by atoms with van der Waals surface area (Å²) in [6, 6.07) is 0. The minimum absolute atomic E-state index is 0.123. The van der Waals surface area contributed by atoms with E-state index >= 15 is 0 Å². The van der Waals surface area contributed by atoms with Crippen LogP contribution in [0.2, 0.25) is 0 Å². The van der Waals surface area contributed by atoms with Gasteiger partial charge in [-0.15, -0.1) is 11.3 Å². The van der Waals surface area contributed by atoms with Crippen LogP contribution in [0.4, 0.5) is 0 Å². The number of carbonyl (C=O) groups excluding carboxylic acids is 1. The summed E-state index contributed by atoms with van der Waals surface area (Å²) in [6.07, 6.45) is 1.98. The lowest BCUT2D eigenvalue weighted by Crippen LogP contribution is -2.25. The molecule has 7 heteroatoms. The molecule has 0 atom stereocenters. The van der Waals surface area contributed by atoms with E-state index in [0.29, 0.717) is 33.0 Å². The number of H-pyrrole nitrogens is 1. The monoisotopic (exact) mass is 322 g/mol. The number of hydrogen-bond donors (Lipinski definition) is 2. The Labute approximate surface area is 133 Å². The van der Waals surface area contributed by atoms with Crippen LogP contribution in [-0.2, 0) is 0 Å². The van der Waals surface area contributed by atoms with Gasteiger partial charge in [0, 0.05) is 6.54 Å². The molecule has 0 unspecified atom stereocenters. The van der Waals surface area contributed by atoms with Crippen molar-refractivity contribution >= 4 is 27.5 Å². The second kappa shape index (κ2) is 7.02. The number of aromatic amines is 1. The molecular formula is C15H22N4O2S. The third kappa shape index (κ3) is 3.72. The molecule has 22 heavy (non-hydrogen) atoms. The van der Waals surface area contributed by atoms with E-state index in [1.165, 1.54) is 11.3 Å². The molecule has 0 spiro atoms. The summed E-state index contributed by atoms with van der Waals surface area (Å²) in [5.74, 6) is 0.441. The van der Waals surface area contributed by atoms with E-state index in [1.54, 1.807) is 13.8 Å². The molecule has 2 rings (SSSR count). The molecule has 2 heterocycles. The minimum Gasteiger partial charge on any atom is -0.351 e. The lowest BCUT2D eigenvalue weighted by molar-refractivity contribution is 0.0956. The Morgan fingerprint density at radius 1 is 1.32 bits per heavy atom. The molecule has 120 valence electrons. The highest BCUT2D eigenvalue weighted by molar-refractivity contribution is 7.20. The lowest BCUT2D eigenvalue weighted by Gasteiger charge is -2.09. The Hall–Kier alpha value is -1.73. The fourth-order valence-corrected chi connectivity index (χ4v) is 3.45. The molecule has 0 fully saturated rings. The third-order valence-electron chi connectivity index (χ3n) is 3.44. The molecule has 1 amide bonds. The van der Waals surface area contributed by atoms with E-state index in [0.717, 1.165) is 19.4 Å². The maximum Gasteiger partial charge on any atom is 0.261 e. The molecular weight excluding hydrogens is 300 g/mol. The highest BCUT2D eigenvalue weighted by atomic mass is 32.1. The standard InChI is InChI=1S/C15H22N4O2S/c1-9-11-13(20)17-10(2)18-15(11)22-12(9)14(21)16-7-5-6-8-19(3)4/h5-8H2,1-4H3,(H,16,21)(H,17,18,20). The van der Waals surface area contributed by atoms with Gasteiger partial charge in [-0.05, 0) is 52.9 Å². The van der Waals surface area contributed by atoms with Crippen molar-refractivity contribution in [1.29, 1.82) is 0 Å². The van der Waals surface area contributed by atoms with Crippen LogP contribution in [0.25, 0.3) is 10.2 Å². The van der Waals surface area contributed by atoms with Gasteiger partial charge >= 0.3 is 0 Å². The van der Waals surface area contributed by atoms with Gasteiger partial charge in [0.1, 0.15) is 10.7 Å². The van der Waals surface area contributed by atoms with Crippen molar-refractivity contribution in [2.45, 2.75) is 26.7 Å². The largest absolute Gasteiger partial charge is 0.351 e. The number of carbonyl (C=O) groups is 1. The Kier molecular flexibility index (Phi) is 5.31. The molecule has 0 saturated carbocycles. The number of amides is 1. The van der Waals surface area contributed by atoms with Crippen molar-refractivity contribution in [3.05, 3.63) is 26.6 Å². The summed E-state index contributed by atoms with van der Waals surface area (Å²) < 4.78 is 0. The smallest absolute Gasteiger partial charge is 0.261 e. The molecule has 0 radical (unpaired) electrons. The number of fused-ring (bicyclic) bond motifs is 1. The second-order valence-electron chi connectivity index (χ2n) is 5.65. The van der Waals surface area contributed by atoms with E-state index in [4.69, 9.17) is 0 Å². The molecule has 2 aromatic rings. The van der Waals surface area contributed by atoms with E-state index in [1.807, 2.05) is 14.1 Å². The summed E-state index contributed by atoms with van der Waals surface area (Å²) in [5, 5.41) is 3.44. The zero-order valence-electron chi connectivity index (χ0n) is 13.4. The van der Waals surface area contributed by atoms with Crippen LogP contribution in [0.3, 0.4) is 0 Å². The van der Waals surface area contributed by atoms with Gasteiger partial charge in [0.05, 0.1) is 10.3 Å². The number of nitrogens with zero attached hydrogens (tertiary/aromatic N) is 2. The quantitative estimate of drug-likeness (QED) is 0.793. The van der Waals surface area contributed by atoms with Crippen molar-refractivity contribution in [1.82, 2.24) is 20.2 Å². The zero-order valence-corrected chi connectivity index (χ0v) is 14.3. The first kappa shape index (κ1) is 16.6. The van der Waals surface area contributed by atoms with E-state index in [2.05, 4.69) is 20.2 Å². The van der Waals surface area contributed by atoms with E-state index in [9.17, 15) is 9.59 Å². The zero-order chi connectivity index (χ0) is 16.3. The predicted octanol–water partition coefficient (Wildman–Crippen LogP) is 1.67. The lowest BCUT2D eigenvalue weighted by atomic mass is 10.2. The summed E-state index contributed by atoms with van der Waals surface area (Å²) in [5.41, 5.74) is 0.529.